The minimum absolute atomic E-state index is 0.182. The Bertz CT molecular complexity index is 613. The predicted octanol–water partition coefficient (Wildman–Crippen LogP) is 4.41. The topological polar surface area (TPSA) is 26.3 Å². The summed E-state index contributed by atoms with van der Waals surface area (Å²) in [5.74, 6) is -0.182. The second-order valence-corrected chi connectivity index (χ2v) is 6.17. The number of hydrogen-bond acceptors (Lipinski definition) is 3. The molecule has 0 radical (unpaired) electrons. The molecule has 1 aromatic heterocycles. The molecule has 1 aliphatic rings. The third kappa shape index (κ3) is 1.80. The van der Waals surface area contributed by atoms with Crippen LogP contribution in [0.1, 0.15) is 27.7 Å². The number of halogens is 1. The van der Waals surface area contributed by atoms with E-state index in [1.54, 1.807) is 11.3 Å². The quantitative estimate of drug-likeness (QED) is 0.765. The summed E-state index contributed by atoms with van der Waals surface area (Å²) in [5.41, 5.74) is 2.95. The maximum absolute atomic E-state index is 11.8. The molecule has 1 aromatic carbocycles. The van der Waals surface area contributed by atoms with Crippen molar-refractivity contribution in [1.82, 2.24) is 0 Å². The van der Waals surface area contributed by atoms with Crippen molar-refractivity contribution in [3.63, 3.8) is 0 Å². The maximum atomic E-state index is 11.8. The van der Waals surface area contributed by atoms with E-state index in [0.717, 1.165) is 32.5 Å². The Hall–Kier alpha value is -1.13. The fourth-order valence-electron chi connectivity index (χ4n) is 2.18. The van der Waals surface area contributed by atoms with Crippen molar-refractivity contribution in [3.8, 4) is 10.4 Å². The van der Waals surface area contributed by atoms with Gasteiger partial charge in [-0.2, -0.15) is 0 Å². The van der Waals surface area contributed by atoms with Gasteiger partial charge in [-0.25, -0.2) is 4.79 Å². The van der Waals surface area contributed by atoms with Crippen LogP contribution < -0.4 is 0 Å². The largest absolute Gasteiger partial charge is 0.457 e. The molecule has 92 valence electrons. The third-order valence-electron chi connectivity index (χ3n) is 3.07. The molecule has 0 bridgehead atoms. The Morgan fingerprint density at radius 2 is 2.06 bits per heavy atom. The van der Waals surface area contributed by atoms with Crippen molar-refractivity contribution in [2.24, 2.45) is 0 Å². The minimum atomic E-state index is -0.182. The highest BCUT2D eigenvalue weighted by Gasteiger charge is 2.30. The smallest absolute Gasteiger partial charge is 0.340 e. The second kappa shape index (κ2) is 4.52. The molecular weight excluding hydrogens is 312 g/mol. The molecule has 0 aliphatic carbocycles. The van der Waals surface area contributed by atoms with Crippen molar-refractivity contribution in [2.45, 2.75) is 20.0 Å². The van der Waals surface area contributed by atoms with Gasteiger partial charge < -0.3 is 4.74 Å². The molecule has 0 saturated heterocycles. The van der Waals surface area contributed by atoms with E-state index in [2.05, 4.69) is 22.9 Å². The van der Waals surface area contributed by atoms with Crippen LogP contribution in [0.3, 0.4) is 0 Å². The summed E-state index contributed by atoms with van der Waals surface area (Å²) >= 11 is 5.13. The van der Waals surface area contributed by atoms with Crippen molar-refractivity contribution >= 4 is 33.2 Å². The number of carbonyl (C=O) groups is 1. The number of thiophene rings is 1. The lowest BCUT2D eigenvalue weighted by Crippen LogP contribution is -1.94. The van der Waals surface area contributed by atoms with Crippen LogP contribution in [-0.4, -0.2) is 5.97 Å². The first-order chi connectivity index (χ1) is 8.70. The third-order valence-corrected chi connectivity index (χ3v) is 5.02. The van der Waals surface area contributed by atoms with E-state index in [-0.39, 0.29) is 5.97 Å². The molecule has 3 rings (SSSR count). The highest BCUT2D eigenvalue weighted by Crippen LogP contribution is 2.41. The number of cyclic esters (lactones) is 1. The van der Waals surface area contributed by atoms with E-state index in [9.17, 15) is 4.79 Å². The zero-order valence-corrected chi connectivity index (χ0v) is 12.2. The molecule has 0 N–H and O–H groups in total. The first-order valence-electron chi connectivity index (χ1n) is 5.78. The minimum Gasteiger partial charge on any atom is -0.457 e. The van der Waals surface area contributed by atoms with Gasteiger partial charge in [-0.15, -0.1) is 11.3 Å². The average molecular weight is 323 g/mol. The van der Waals surface area contributed by atoms with Gasteiger partial charge in [0.05, 0.1) is 5.56 Å². The van der Waals surface area contributed by atoms with Gasteiger partial charge in [0.25, 0.3) is 0 Å². The fraction of sp³-hybridized carbons (Fsp3) is 0.214. The van der Waals surface area contributed by atoms with Crippen molar-refractivity contribution in [1.29, 1.82) is 0 Å². The van der Waals surface area contributed by atoms with E-state index in [1.165, 1.54) is 4.88 Å². The first-order valence-corrected chi connectivity index (χ1v) is 7.39. The van der Waals surface area contributed by atoms with Crippen molar-refractivity contribution in [3.05, 3.63) is 44.7 Å². The van der Waals surface area contributed by atoms with E-state index in [0.29, 0.717) is 6.61 Å². The van der Waals surface area contributed by atoms with Crippen molar-refractivity contribution < 1.29 is 9.53 Å². The van der Waals surface area contributed by atoms with Crippen LogP contribution in [0.15, 0.2) is 28.7 Å². The van der Waals surface area contributed by atoms with Crippen LogP contribution in [0.4, 0.5) is 0 Å². The van der Waals surface area contributed by atoms with Crippen LogP contribution in [0.5, 0.6) is 0 Å². The molecule has 2 heterocycles. The molecule has 0 saturated carbocycles. The summed E-state index contributed by atoms with van der Waals surface area (Å²) in [4.78, 5) is 14.1. The SMILES string of the molecule is CCc1sc(-c2ccc(Br)cc2)c2c1COC2=O. The zero-order valence-electron chi connectivity index (χ0n) is 9.83. The normalized spacial score (nSPS) is 13.6. The van der Waals surface area contributed by atoms with Crippen molar-refractivity contribution in [2.75, 3.05) is 0 Å². The molecule has 0 atom stereocenters. The Kier molecular flexibility index (Phi) is 2.99. The predicted molar refractivity (Wildman–Crippen MR) is 76.0 cm³/mol. The number of esters is 1. The van der Waals surface area contributed by atoms with Crippen LogP contribution in [0.2, 0.25) is 0 Å². The summed E-state index contributed by atoms with van der Waals surface area (Å²) in [5, 5.41) is 0. The number of rotatable bonds is 2. The molecular formula is C14H11BrO2S. The molecule has 4 heteroatoms. The lowest BCUT2D eigenvalue weighted by molar-refractivity contribution is 0.0535. The maximum Gasteiger partial charge on any atom is 0.340 e. The highest BCUT2D eigenvalue weighted by molar-refractivity contribution is 9.10. The summed E-state index contributed by atoms with van der Waals surface area (Å²) in [7, 11) is 0. The molecule has 2 nitrogen and oxygen atoms in total. The van der Waals surface area contributed by atoms with Gasteiger partial charge in [0, 0.05) is 19.8 Å². The van der Waals surface area contributed by atoms with Gasteiger partial charge in [0.1, 0.15) is 6.61 Å². The first kappa shape index (κ1) is 11.9. The number of fused-ring (bicyclic) bond motifs is 1. The Labute approximate surface area is 118 Å². The zero-order chi connectivity index (χ0) is 12.7. The van der Waals surface area contributed by atoms with Gasteiger partial charge in [0.2, 0.25) is 0 Å². The molecule has 0 unspecified atom stereocenters. The van der Waals surface area contributed by atoms with Gasteiger partial charge in [0.15, 0.2) is 0 Å². The van der Waals surface area contributed by atoms with Gasteiger partial charge in [-0.1, -0.05) is 35.0 Å². The number of carbonyl (C=O) groups excluding carboxylic acids is 1. The average Bonchev–Trinajstić information content (AvgIpc) is 2.92. The monoisotopic (exact) mass is 322 g/mol. The van der Waals surface area contributed by atoms with Gasteiger partial charge in [-0.3, -0.25) is 0 Å². The van der Waals surface area contributed by atoms with Crippen LogP contribution in [-0.2, 0) is 17.8 Å². The second-order valence-electron chi connectivity index (χ2n) is 4.14. The molecule has 1 aliphatic heterocycles. The molecule has 0 fully saturated rings. The van der Waals surface area contributed by atoms with Gasteiger partial charge >= 0.3 is 5.97 Å². The number of aryl methyl sites for hydroxylation is 1. The van der Waals surface area contributed by atoms with E-state index in [4.69, 9.17) is 4.74 Å². The summed E-state index contributed by atoms with van der Waals surface area (Å²) in [6.07, 6.45) is 0.945. The van der Waals surface area contributed by atoms with E-state index < -0.39 is 0 Å². The molecule has 0 amide bonds. The Balaban J connectivity index is 2.18. The Morgan fingerprint density at radius 3 is 2.72 bits per heavy atom. The Morgan fingerprint density at radius 1 is 1.33 bits per heavy atom. The number of benzene rings is 1. The molecule has 2 aromatic rings. The molecule has 0 spiro atoms. The summed E-state index contributed by atoms with van der Waals surface area (Å²) in [6, 6.07) is 8.04. The van der Waals surface area contributed by atoms with E-state index in [1.807, 2.05) is 24.3 Å². The highest BCUT2D eigenvalue weighted by atomic mass is 79.9. The lowest BCUT2D eigenvalue weighted by Gasteiger charge is -2.00. The number of hydrogen-bond donors (Lipinski definition) is 0. The van der Waals surface area contributed by atoms with Crippen LogP contribution >= 0.6 is 27.3 Å². The van der Waals surface area contributed by atoms with Crippen LogP contribution in [0.25, 0.3) is 10.4 Å². The fourth-order valence-corrected chi connectivity index (χ4v) is 3.68. The molecule has 18 heavy (non-hydrogen) atoms. The lowest BCUT2D eigenvalue weighted by atomic mass is 10.1. The summed E-state index contributed by atoms with van der Waals surface area (Å²) in [6.45, 7) is 2.55. The van der Waals surface area contributed by atoms with Crippen LogP contribution in [0, 0.1) is 0 Å². The standard InChI is InChI=1S/C14H11BrO2S/c1-2-11-10-7-17-14(16)12(10)13(18-11)8-3-5-9(15)6-4-8/h3-6H,2,7H2,1H3. The van der Waals surface area contributed by atoms with Gasteiger partial charge in [-0.05, 0) is 24.1 Å². The van der Waals surface area contributed by atoms with E-state index >= 15 is 0 Å². The summed E-state index contributed by atoms with van der Waals surface area (Å²) < 4.78 is 6.19. The number of ether oxygens (including phenoxy) is 1.